The van der Waals surface area contributed by atoms with Crippen LogP contribution >= 0.6 is 0 Å². The summed E-state index contributed by atoms with van der Waals surface area (Å²) in [6.45, 7) is 4.05. The van der Waals surface area contributed by atoms with Crippen molar-refractivity contribution in [1.29, 1.82) is 0 Å². The third kappa shape index (κ3) is 2.40. The fourth-order valence-corrected chi connectivity index (χ4v) is 3.34. The van der Waals surface area contributed by atoms with Gasteiger partial charge in [-0.3, -0.25) is 4.79 Å². The van der Waals surface area contributed by atoms with Crippen LogP contribution in [0.5, 0.6) is 0 Å². The summed E-state index contributed by atoms with van der Waals surface area (Å²) in [5.41, 5.74) is 5.94. The number of hydrogen-bond donors (Lipinski definition) is 2. The molecule has 0 saturated heterocycles. The van der Waals surface area contributed by atoms with Crippen LogP contribution in [0.15, 0.2) is 47.3 Å². The molecule has 2 aromatic carbocycles. The van der Waals surface area contributed by atoms with Gasteiger partial charge in [-0.1, -0.05) is 30.3 Å². The first kappa shape index (κ1) is 14.7. The minimum absolute atomic E-state index is 0.00501. The van der Waals surface area contributed by atoms with Crippen LogP contribution in [0.25, 0.3) is 21.9 Å². The molecule has 4 nitrogen and oxygen atoms in total. The van der Waals surface area contributed by atoms with Crippen molar-refractivity contribution >= 4 is 21.9 Å². The Bertz CT molecular complexity index is 1070. The van der Waals surface area contributed by atoms with E-state index in [9.17, 15) is 4.79 Å². The Kier molecular flexibility index (Phi) is 3.45. The van der Waals surface area contributed by atoms with E-state index in [1.165, 1.54) is 0 Å². The molecule has 0 unspecified atom stereocenters. The van der Waals surface area contributed by atoms with Crippen molar-refractivity contribution in [2.45, 2.75) is 26.7 Å². The summed E-state index contributed by atoms with van der Waals surface area (Å²) in [5.74, 6) is 0.916. The number of nitrogens with one attached hydrogen (secondary N) is 2. The van der Waals surface area contributed by atoms with E-state index in [1.54, 1.807) is 0 Å². The van der Waals surface area contributed by atoms with Crippen molar-refractivity contribution in [3.8, 4) is 0 Å². The molecule has 2 aromatic heterocycles. The number of benzene rings is 2. The Hall–Kier alpha value is -2.88. The fraction of sp³-hybridized carbons (Fsp3) is 0.200. The average Bonchev–Trinajstić information content (AvgIpc) is 2.98. The fourth-order valence-electron chi connectivity index (χ4n) is 3.34. The maximum atomic E-state index is 12.5. The van der Waals surface area contributed by atoms with Gasteiger partial charge >= 0.3 is 0 Å². The lowest BCUT2D eigenvalue weighted by Crippen LogP contribution is -2.16. The van der Waals surface area contributed by atoms with Gasteiger partial charge in [0.2, 0.25) is 0 Å². The van der Waals surface area contributed by atoms with Crippen LogP contribution in [0.1, 0.15) is 22.5 Å². The highest BCUT2D eigenvalue weighted by Crippen LogP contribution is 2.21. The lowest BCUT2D eigenvalue weighted by molar-refractivity contribution is 0.872. The Balaban J connectivity index is 1.70. The van der Waals surface area contributed by atoms with Crippen LogP contribution in [0, 0.1) is 13.8 Å². The third-order valence-corrected chi connectivity index (χ3v) is 4.69. The minimum Gasteiger partial charge on any atom is -0.342 e. The Morgan fingerprint density at radius 2 is 1.79 bits per heavy atom. The summed E-state index contributed by atoms with van der Waals surface area (Å²) in [6.07, 6.45) is 1.39. The maximum Gasteiger partial charge on any atom is 0.251 e. The Morgan fingerprint density at radius 1 is 0.958 bits per heavy atom. The number of nitrogens with zero attached hydrogens (tertiary/aromatic N) is 1. The predicted molar refractivity (Wildman–Crippen MR) is 97.5 cm³/mol. The van der Waals surface area contributed by atoms with Crippen LogP contribution in [0.4, 0.5) is 0 Å². The second-order valence-electron chi connectivity index (χ2n) is 6.26. The SMILES string of the molecule is Cc1c(CCc2nc3ccccc3[nH]2)c(=O)[nH]c2c(C)cccc12. The van der Waals surface area contributed by atoms with Crippen molar-refractivity contribution in [3.05, 3.63) is 75.3 Å². The first-order valence-corrected chi connectivity index (χ1v) is 8.18. The number of aryl methyl sites for hydroxylation is 3. The van der Waals surface area contributed by atoms with Gasteiger partial charge in [0, 0.05) is 17.4 Å². The molecule has 4 aromatic rings. The van der Waals surface area contributed by atoms with E-state index in [4.69, 9.17) is 0 Å². The van der Waals surface area contributed by atoms with Gasteiger partial charge in [0.05, 0.1) is 16.6 Å². The topological polar surface area (TPSA) is 61.5 Å². The zero-order valence-corrected chi connectivity index (χ0v) is 13.8. The van der Waals surface area contributed by atoms with Gasteiger partial charge in [0.15, 0.2) is 0 Å². The number of rotatable bonds is 3. The summed E-state index contributed by atoms with van der Waals surface area (Å²) in [5, 5.41) is 1.12. The van der Waals surface area contributed by atoms with E-state index < -0.39 is 0 Å². The first-order valence-electron chi connectivity index (χ1n) is 8.18. The third-order valence-electron chi connectivity index (χ3n) is 4.69. The number of para-hydroxylation sites is 3. The number of pyridine rings is 1. The van der Waals surface area contributed by atoms with E-state index >= 15 is 0 Å². The van der Waals surface area contributed by atoms with Crippen molar-refractivity contribution in [2.24, 2.45) is 0 Å². The molecule has 120 valence electrons. The Morgan fingerprint density at radius 3 is 2.62 bits per heavy atom. The number of H-pyrrole nitrogens is 2. The molecule has 0 saturated carbocycles. The van der Waals surface area contributed by atoms with Gasteiger partial charge < -0.3 is 9.97 Å². The molecule has 0 amide bonds. The molecular weight excluding hydrogens is 298 g/mol. The second kappa shape index (κ2) is 5.64. The lowest BCUT2D eigenvalue weighted by atomic mass is 9.99. The highest BCUT2D eigenvalue weighted by Gasteiger charge is 2.11. The van der Waals surface area contributed by atoms with Gasteiger partial charge in [0.25, 0.3) is 5.56 Å². The number of aromatic amines is 2. The van der Waals surface area contributed by atoms with E-state index in [1.807, 2.05) is 50.2 Å². The van der Waals surface area contributed by atoms with Gasteiger partial charge in [-0.15, -0.1) is 0 Å². The van der Waals surface area contributed by atoms with Crippen LogP contribution in [-0.4, -0.2) is 15.0 Å². The maximum absolute atomic E-state index is 12.5. The summed E-state index contributed by atoms with van der Waals surface area (Å²) in [4.78, 5) is 23.5. The molecule has 0 spiro atoms. The highest BCUT2D eigenvalue weighted by molar-refractivity contribution is 5.85. The van der Waals surface area contributed by atoms with Gasteiger partial charge in [0.1, 0.15) is 5.82 Å². The van der Waals surface area contributed by atoms with Crippen molar-refractivity contribution in [3.63, 3.8) is 0 Å². The molecule has 4 rings (SSSR count). The zero-order chi connectivity index (χ0) is 16.7. The van der Waals surface area contributed by atoms with Crippen LogP contribution in [0.3, 0.4) is 0 Å². The molecule has 2 N–H and O–H groups in total. The molecule has 0 fully saturated rings. The van der Waals surface area contributed by atoms with Gasteiger partial charge in [-0.2, -0.15) is 0 Å². The molecule has 0 aliphatic carbocycles. The molecule has 0 aliphatic rings. The number of fused-ring (bicyclic) bond motifs is 2. The predicted octanol–water partition coefficient (Wildman–Crippen LogP) is 3.81. The van der Waals surface area contributed by atoms with Crippen LogP contribution in [-0.2, 0) is 12.8 Å². The van der Waals surface area contributed by atoms with E-state index in [0.29, 0.717) is 6.42 Å². The van der Waals surface area contributed by atoms with E-state index in [-0.39, 0.29) is 5.56 Å². The normalized spacial score (nSPS) is 11.4. The monoisotopic (exact) mass is 317 g/mol. The molecule has 4 heteroatoms. The second-order valence-corrected chi connectivity index (χ2v) is 6.26. The number of aromatic nitrogens is 3. The summed E-state index contributed by atoms with van der Waals surface area (Å²) >= 11 is 0. The van der Waals surface area contributed by atoms with Crippen molar-refractivity contribution < 1.29 is 0 Å². The summed E-state index contributed by atoms with van der Waals surface area (Å²) < 4.78 is 0. The molecule has 0 bridgehead atoms. The zero-order valence-electron chi connectivity index (χ0n) is 13.8. The molecule has 0 atom stereocenters. The molecular formula is C20H19N3O. The quantitative estimate of drug-likeness (QED) is 0.603. The van der Waals surface area contributed by atoms with E-state index in [0.717, 1.165) is 50.9 Å². The smallest absolute Gasteiger partial charge is 0.251 e. The molecule has 24 heavy (non-hydrogen) atoms. The standard InChI is InChI=1S/C20H19N3O/c1-12-6-5-7-14-13(2)15(20(24)23-19(12)14)10-11-18-21-16-8-3-4-9-17(16)22-18/h3-9H,10-11H2,1-2H3,(H,21,22)(H,23,24). The molecule has 0 radical (unpaired) electrons. The minimum atomic E-state index is 0.00501. The molecule has 0 aliphatic heterocycles. The highest BCUT2D eigenvalue weighted by atomic mass is 16.1. The summed E-state index contributed by atoms with van der Waals surface area (Å²) in [7, 11) is 0. The first-order chi connectivity index (χ1) is 11.6. The van der Waals surface area contributed by atoms with Gasteiger partial charge in [-0.05, 0) is 43.5 Å². The average molecular weight is 317 g/mol. The van der Waals surface area contributed by atoms with Crippen molar-refractivity contribution in [1.82, 2.24) is 15.0 Å². The van der Waals surface area contributed by atoms with Gasteiger partial charge in [-0.25, -0.2) is 4.98 Å². The largest absolute Gasteiger partial charge is 0.342 e. The van der Waals surface area contributed by atoms with Crippen LogP contribution < -0.4 is 5.56 Å². The lowest BCUT2D eigenvalue weighted by Gasteiger charge is -2.10. The Labute approximate surface area is 139 Å². The number of imidazole rings is 1. The van der Waals surface area contributed by atoms with Crippen LogP contribution in [0.2, 0.25) is 0 Å². The van der Waals surface area contributed by atoms with E-state index in [2.05, 4.69) is 21.0 Å². The number of hydrogen-bond acceptors (Lipinski definition) is 2. The molecule has 2 heterocycles. The summed E-state index contributed by atoms with van der Waals surface area (Å²) in [6, 6.07) is 14.1. The van der Waals surface area contributed by atoms with Crippen molar-refractivity contribution in [2.75, 3.05) is 0 Å².